The molecule has 1 aliphatic rings. The van der Waals surface area contributed by atoms with Crippen LogP contribution in [0.2, 0.25) is 0 Å². The molecule has 0 bridgehead atoms. The lowest BCUT2D eigenvalue weighted by Gasteiger charge is -2.37. The number of piperidine rings is 1. The van der Waals surface area contributed by atoms with E-state index in [0.29, 0.717) is 12.6 Å². The van der Waals surface area contributed by atoms with Crippen LogP contribution in [-0.2, 0) is 9.53 Å². The number of hydrogen-bond acceptors (Lipinski definition) is 4. The van der Waals surface area contributed by atoms with Crippen LogP contribution in [0.1, 0.15) is 40.0 Å². The molecule has 2 unspecified atom stereocenters. The second-order valence-electron chi connectivity index (χ2n) is 4.93. The number of carbonyl (C=O) groups excluding carboxylic acids is 1. The van der Waals surface area contributed by atoms with E-state index in [9.17, 15) is 4.79 Å². The summed E-state index contributed by atoms with van der Waals surface area (Å²) >= 11 is 0. The van der Waals surface area contributed by atoms with Gasteiger partial charge < -0.3 is 10.5 Å². The van der Waals surface area contributed by atoms with Crippen molar-refractivity contribution < 1.29 is 9.53 Å². The highest BCUT2D eigenvalue weighted by molar-refractivity contribution is 5.71. The second kappa shape index (κ2) is 6.21. The molecule has 0 aromatic rings. The van der Waals surface area contributed by atoms with E-state index in [4.69, 9.17) is 10.5 Å². The largest absolute Gasteiger partial charge is 0.462 e. The molecular weight excluding hydrogens is 204 g/mol. The minimum Gasteiger partial charge on any atom is -0.462 e. The molecule has 1 saturated heterocycles. The fraction of sp³-hybridized carbons (Fsp3) is 0.917. The van der Waals surface area contributed by atoms with Crippen molar-refractivity contribution in [3.05, 3.63) is 0 Å². The van der Waals surface area contributed by atoms with Crippen molar-refractivity contribution in [3.63, 3.8) is 0 Å². The molecule has 0 saturated carbocycles. The highest BCUT2D eigenvalue weighted by Gasteiger charge is 2.27. The first kappa shape index (κ1) is 13.5. The summed E-state index contributed by atoms with van der Waals surface area (Å²) in [6.07, 6.45) is 3.42. The average Bonchev–Trinajstić information content (AvgIpc) is 2.16. The smallest absolute Gasteiger partial charge is 0.320 e. The fourth-order valence-corrected chi connectivity index (χ4v) is 2.27. The van der Waals surface area contributed by atoms with Gasteiger partial charge in [0, 0.05) is 12.1 Å². The lowest BCUT2D eigenvalue weighted by atomic mass is 9.97. The highest BCUT2D eigenvalue weighted by Crippen LogP contribution is 2.18. The molecule has 94 valence electrons. The Labute approximate surface area is 98.1 Å². The number of rotatable bonds is 4. The van der Waals surface area contributed by atoms with Crippen LogP contribution in [0.4, 0.5) is 0 Å². The van der Waals surface area contributed by atoms with E-state index in [-0.39, 0.29) is 18.1 Å². The molecule has 4 heteroatoms. The van der Waals surface area contributed by atoms with Crippen LogP contribution in [0.25, 0.3) is 0 Å². The summed E-state index contributed by atoms with van der Waals surface area (Å²) < 4.78 is 5.16. The fourth-order valence-electron chi connectivity index (χ4n) is 2.27. The van der Waals surface area contributed by atoms with Gasteiger partial charge in [0.15, 0.2) is 0 Å². The zero-order valence-corrected chi connectivity index (χ0v) is 10.6. The van der Waals surface area contributed by atoms with Gasteiger partial charge in [0.1, 0.15) is 0 Å². The summed E-state index contributed by atoms with van der Waals surface area (Å²) in [5.41, 5.74) is 5.94. The molecule has 1 rings (SSSR count). The first-order valence-electron chi connectivity index (χ1n) is 6.20. The van der Waals surface area contributed by atoms with Gasteiger partial charge in [0.05, 0.1) is 12.6 Å². The highest BCUT2D eigenvalue weighted by atomic mass is 16.5. The summed E-state index contributed by atoms with van der Waals surface area (Å²) in [6, 6.07) is 0.445. The van der Waals surface area contributed by atoms with E-state index >= 15 is 0 Å². The third kappa shape index (κ3) is 4.10. The standard InChI is InChI=1S/C12H24N2O2/c1-9(2)16-12(15)8-14-7-5-4-6-11(14)10(3)13/h9-11H,4-8,13H2,1-3H3. The molecular formula is C12H24N2O2. The Kier molecular flexibility index (Phi) is 5.22. The Morgan fingerprint density at radius 3 is 2.69 bits per heavy atom. The third-order valence-electron chi connectivity index (χ3n) is 2.97. The normalized spacial score (nSPS) is 24.4. The molecule has 4 nitrogen and oxygen atoms in total. The molecule has 0 aromatic carbocycles. The maximum absolute atomic E-state index is 11.6. The third-order valence-corrected chi connectivity index (χ3v) is 2.97. The first-order chi connectivity index (χ1) is 7.50. The molecule has 16 heavy (non-hydrogen) atoms. The molecule has 0 radical (unpaired) electrons. The molecule has 2 atom stereocenters. The van der Waals surface area contributed by atoms with Crippen molar-refractivity contribution in [2.24, 2.45) is 5.73 Å². The molecule has 1 heterocycles. The van der Waals surface area contributed by atoms with Gasteiger partial charge in [-0.3, -0.25) is 9.69 Å². The van der Waals surface area contributed by atoms with Crippen molar-refractivity contribution >= 4 is 5.97 Å². The molecule has 1 fully saturated rings. The Morgan fingerprint density at radius 2 is 2.12 bits per heavy atom. The van der Waals surface area contributed by atoms with E-state index in [1.54, 1.807) is 0 Å². The Morgan fingerprint density at radius 1 is 1.44 bits per heavy atom. The zero-order chi connectivity index (χ0) is 12.1. The van der Waals surface area contributed by atoms with Gasteiger partial charge >= 0.3 is 5.97 Å². The predicted octanol–water partition coefficient (Wildman–Crippen LogP) is 1.14. The van der Waals surface area contributed by atoms with Gasteiger partial charge in [-0.15, -0.1) is 0 Å². The molecule has 0 amide bonds. The summed E-state index contributed by atoms with van der Waals surface area (Å²) in [4.78, 5) is 13.8. The molecule has 2 N–H and O–H groups in total. The van der Waals surface area contributed by atoms with E-state index < -0.39 is 0 Å². The number of nitrogens with two attached hydrogens (primary N) is 1. The lowest BCUT2D eigenvalue weighted by molar-refractivity contribution is -0.149. The van der Waals surface area contributed by atoms with E-state index in [2.05, 4.69) is 4.90 Å². The predicted molar refractivity (Wildman–Crippen MR) is 64.1 cm³/mol. The van der Waals surface area contributed by atoms with Crippen LogP contribution in [0.3, 0.4) is 0 Å². The summed E-state index contributed by atoms with van der Waals surface area (Å²) in [7, 11) is 0. The number of esters is 1. The van der Waals surface area contributed by atoms with Crippen LogP contribution in [-0.4, -0.2) is 42.1 Å². The topological polar surface area (TPSA) is 55.6 Å². The molecule has 0 spiro atoms. The van der Waals surface area contributed by atoms with Gasteiger partial charge in [0.25, 0.3) is 0 Å². The van der Waals surface area contributed by atoms with Gasteiger partial charge in [-0.05, 0) is 40.2 Å². The minimum absolute atomic E-state index is 0.0361. The van der Waals surface area contributed by atoms with Crippen LogP contribution in [0.5, 0.6) is 0 Å². The Balaban J connectivity index is 2.46. The van der Waals surface area contributed by atoms with Crippen molar-refractivity contribution in [2.75, 3.05) is 13.1 Å². The van der Waals surface area contributed by atoms with Crippen molar-refractivity contribution in [2.45, 2.75) is 58.2 Å². The van der Waals surface area contributed by atoms with Crippen LogP contribution < -0.4 is 5.73 Å². The van der Waals surface area contributed by atoms with E-state index in [1.165, 1.54) is 6.42 Å². The second-order valence-corrected chi connectivity index (χ2v) is 4.93. The maximum atomic E-state index is 11.6. The number of hydrogen-bond donors (Lipinski definition) is 1. The lowest BCUT2D eigenvalue weighted by Crippen LogP contribution is -2.51. The number of ether oxygens (including phenoxy) is 1. The molecule has 0 aliphatic carbocycles. The SMILES string of the molecule is CC(C)OC(=O)CN1CCCCC1C(C)N. The Hall–Kier alpha value is -0.610. The van der Waals surface area contributed by atoms with E-state index in [1.807, 2.05) is 20.8 Å². The minimum atomic E-state index is -0.137. The monoisotopic (exact) mass is 228 g/mol. The first-order valence-corrected chi connectivity index (χ1v) is 6.20. The van der Waals surface area contributed by atoms with Crippen LogP contribution in [0, 0.1) is 0 Å². The quantitative estimate of drug-likeness (QED) is 0.733. The zero-order valence-electron chi connectivity index (χ0n) is 10.6. The Bertz CT molecular complexity index is 229. The van der Waals surface area contributed by atoms with Crippen LogP contribution in [0.15, 0.2) is 0 Å². The molecule has 0 aromatic heterocycles. The van der Waals surface area contributed by atoms with Gasteiger partial charge in [-0.1, -0.05) is 6.42 Å². The summed E-state index contributed by atoms with van der Waals surface area (Å²) in [6.45, 7) is 7.09. The van der Waals surface area contributed by atoms with Crippen LogP contribution >= 0.6 is 0 Å². The summed E-state index contributed by atoms with van der Waals surface area (Å²) in [5, 5.41) is 0. The summed E-state index contributed by atoms with van der Waals surface area (Å²) in [5.74, 6) is -0.137. The van der Waals surface area contributed by atoms with Crippen molar-refractivity contribution in [3.8, 4) is 0 Å². The average molecular weight is 228 g/mol. The molecule has 1 aliphatic heterocycles. The number of nitrogens with zero attached hydrogens (tertiary/aromatic N) is 1. The van der Waals surface area contributed by atoms with Gasteiger partial charge in [0.2, 0.25) is 0 Å². The number of likely N-dealkylation sites (tertiary alicyclic amines) is 1. The van der Waals surface area contributed by atoms with Crippen molar-refractivity contribution in [1.82, 2.24) is 4.90 Å². The van der Waals surface area contributed by atoms with E-state index in [0.717, 1.165) is 19.4 Å². The number of carbonyl (C=O) groups is 1. The maximum Gasteiger partial charge on any atom is 0.320 e. The van der Waals surface area contributed by atoms with Gasteiger partial charge in [-0.2, -0.15) is 0 Å². The van der Waals surface area contributed by atoms with Crippen molar-refractivity contribution in [1.29, 1.82) is 0 Å². The van der Waals surface area contributed by atoms with Gasteiger partial charge in [-0.25, -0.2) is 0 Å².